The van der Waals surface area contributed by atoms with E-state index >= 15 is 0 Å². The summed E-state index contributed by atoms with van der Waals surface area (Å²) in [5.74, 6) is 1.21. The molecule has 150 valence electrons. The highest BCUT2D eigenvalue weighted by Crippen LogP contribution is 2.27. The number of carbonyl (C=O) groups excluding carboxylic acids is 1. The first-order valence-corrected chi connectivity index (χ1v) is 10.9. The molecular weight excluding hydrogens is 400 g/mol. The summed E-state index contributed by atoms with van der Waals surface area (Å²) in [7, 11) is 0. The van der Waals surface area contributed by atoms with Gasteiger partial charge in [-0.1, -0.05) is 23.4 Å². The fraction of sp³-hybridized carbons (Fsp3) is 0.526. The number of morpholine rings is 1. The van der Waals surface area contributed by atoms with Crippen LogP contribution in [0.1, 0.15) is 12.8 Å². The van der Waals surface area contributed by atoms with Gasteiger partial charge in [-0.25, -0.2) is 0 Å². The molecule has 2 aliphatic heterocycles. The number of halogens is 1. The highest BCUT2D eigenvalue weighted by atomic mass is 35.5. The van der Waals surface area contributed by atoms with Gasteiger partial charge in [-0.15, -0.1) is 10.2 Å². The smallest absolute Gasteiger partial charge is 0.233 e. The van der Waals surface area contributed by atoms with Crippen molar-refractivity contribution in [2.75, 3.05) is 38.7 Å². The number of thioether (sulfide) groups is 1. The summed E-state index contributed by atoms with van der Waals surface area (Å²) in [6.45, 7) is 3.98. The fourth-order valence-electron chi connectivity index (χ4n) is 3.39. The van der Waals surface area contributed by atoms with Crippen molar-refractivity contribution in [2.45, 2.75) is 30.6 Å². The topological polar surface area (TPSA) is 69.5 Å². The molecule has 9 heteroatoms. The molecule has 7 nitrogen and oxygen atoms in total. The van der Waals surface area contributed by atoms with E-state index in [2.05, 4.69) is 14.8 Å². The van der Waals surface area contributed by atoms with Crippen LogP contribution in [0.4, 0.5) is 0 Å². The van der Waals surface area contributed by atoms with Crippen molar-refractivity contribution in [1.82, 2.24) is 19.7 Å². The molecule has 2 fully saturated rings. The number of hydrogen-bond acceptors (Lipinski definition) is 6. The SMILES string of the molecule is O=C(CSc1nnc(-c2ccc(Cl)cc2)n1C[C@@H]1CCCO1)N1CCOCC1. The molecule has 0 bridgehead atoms. The quantitative estimate of drug-likeness (QED) is 0.667. The molecule has 0 aliphatic carbocycles. The molecule has 1 aromatic heterocycles. The van der Waals surface area contributed by atoms with Crippen molar-refractivity contribution in [3.8, 4) is 11.4 Å². The highest BCUT2D eigenvalue weighted by Gasteiger charge is 2.23. The van der Waals surface area contributed by atoms with Gasteiger partial charge in [0, 0.05) is 30.3 Å². The summed E-state index contributed by atoms with van der Waals surface area (Å²) < 4.78 is 13.2. The molecule has 2 aromatic rings. The monoisotopic (exact) mass is 422 g/mol. The Kier molecular flexibility index (Phi) is 6.51. The van der Waals surface area contributed by atoms with Crippen molar-refractivity contribution in [1.29, 1.82) is 0 Å². The van der Waals surface area contributed by atoms with E-state index in [1.807, 2.05) is 29.2 Å². The van der Waals surface area contributed by atoms with E-state index in [1.165, 1.54) is 11.8 Å². The minimum Gasteiger partial charge on any atom is -0.378 e. The molecule has 4 rings (SSSR count). The molecule has 0 N–H and O–H groups in total. The second-order valence-electron chi connectivity index (χ2n) is 6.84. The zero-order chi connectivity index (χ0) is 19.3. The molecule has 2 aliphatic rings. The van der Waals surface area contributed by atoms with E-state index in [1.54, 1.807) is 0 Å². The Morgan fingerprint density at radius 2 is 1.96 bits per heavy atom. The van der Waals surface area contributed by atoms with Crippen LogP contribution in [-0.4, -0.2) is 70.3 Å². The lowest BCUT2D eigenvalue weighted by Gasteiger charge is -2.26. The number of rotatable bonds is 6. The number of nitrogens with zero attached hydrogens (tertiary/aromatic N) is 4. The maximum atomic E-state index is 12.5. The van der Waals surface area contributed by atoms with Gasteiger partial charge in [0.05, 0.1) is 31.6 Å². The molecular formula is C19H23ClN4O3S. The predicted molar refractivity (Wildman–Crippen MR) is 108 cm³/mol. The van der Waals surface area contributed by atoms with Gasteiger partial charge in [0.1, 0.15) is 0 Å². The van der Waals surface area contributed by atoms with Crippen LogP contribution in [0.3, 0.4) is 0 Å². The summed E-state index contributed by atoms with van der Waals surface area (Å²) in [4.78, 5) is 14.3. The Balaban J connectivity index is 1.52. The van der Waals surface area contributed by atoms with E-state index in [0.717, 1.165) is 36.0 Å². The van der Waals surface area contributed by atoms with E-state index < -0.39 is 0 Å². The number of ether oxygens (including phenoxy) is 2. The maximum absolute atomic E-state index is 12.5. The molecule has 0 unspecified atom stereocenters. The van der Waals surface area contributed by atoms with E-state index in [4.69, 9.17) is 21.1 Å². The van der Waals surface area contributed by atoms with Gasteiger partial charge in [-0.05, 0) is 37.1 Å². The van der Waals surface area contributed by atoms with Crippen LogP contribution in [-0.2, 0) is 20.8 Å². The Bertz CT molecular complexity index is 802. The number of benzene rings is 1. The van der Waals surface area contributed by atoms with Crippen LogP contribution in [0, 0.1) is 0 Å². The summed E-state index contributed by atoms with van der Waals surface area (Å²) in [6.07, 6.45) is 2.24. The minimum atomic E-state index is 0.105. The Labute approximate surface area is 173 Å². The summed E-state index contributed by atoms with van der Waals surface area (Å²) in [5.41, 5.74) is 0.946. The van der Waals surface area contributed by atoms with Crippen molar-refractivity contribution in [3.05, 3.63) is 29.3 Å². The number of aromatic nitrogens is 3. The van der Waals surface area contributed by atoms with Crippen LogP contribution in [0.5, 0.6) is 0 Å². The van der Waals surface area contributed by atoms with Gasteiger partial charge in [-0.3, -0.25) is 9.36 Å². The standard InChI is InChI=1S/C19H23ClN4O3S/c20-15-5-3-14(4-6-15)18-21-22-19(24(18)12-16-2-1-9-27-16)28-13-17(25)23-7-10-26-11-8-23/h3-6,16H,1-2,7-13H2/t16-/m0/s1. The third-order valence-corrected chi connectivity index (χ3v) is 6.12. The van der Waals surface area contributed by atoms with E-state index in [-0.39, 0.29) is 12.0 Å². The lowest BCUT2D eigenvalue weighted by molar-refractivity contribution is -0.132. The average molecular weight is 423 g/mol. The highest BCUT2D eigenvalue weighted by molar-refractivity contribution is 7.99. The number of carbonyl (C=O) groups is 1. The normalized spacial score (nSPS) is 19.9. The van der Waals surface area contributed by atoms with Crippen LogP contribution in [0.25, 0.3) is 11.4 Å². The predicted octanol–water partition coefficient (Wildman–Crippen LogP) is 2.73. The average Bonchev–Trinajstić information content (AvgIpc) is 3.38. The third kappa shape index (κ3) is 4.68. The molecule has 1 amide bonds. The Hall–Kier alpha value is -1.61. The third-order valence-electron chi connectivity index (χ3n) is 4.92. The second-order valence-corrected chi connectivity index (χ2v) is 8.22. The van der Waals surface area contributed by atoms with Crippen molar-refractivity contribution in [2.24, 2.45) is 0 Å². The van der Waals surface area contributed by atoms with Gasteiger partial charge in [-0.2, -0.15) is 0 Å². The number of amides is 1. The lowest BCUT2D eigenvalue weighted by atomic mass is 10.2. The largest absolute Gasteiger partial charge is 0.378 e. The zero-order valence-corrected chi connectivity index (χ0v) is 17.1. The second kappa shape index (κ2) is 9.26. The van der Waals surface area contributed by atoms with Crippen LogP contribution >= 0.6 is 23.4 Å². The van der Waals surface area contributed by atoms with Crippen LogP contribution < -0.4 is 0 Å². The molecule has 1 atom stereocenters. The van der Waals surface area contributed by atoms with E-state index in [9.17, 15) is 4.79 Å². The van der Waals surface area contributed by atoms with Crippen LogP contribution in [0.2, 0.25) is 5.02 Å². The first-order chi connectivity index (χ1) is 13.7. The molecule has 1 aromatic carbocycles. The van der Waals surface area contributed by atoms with Crippen molar-refractivity contribution >= 4 is 29.3 Å². The minimum absolute atomic E-state index is 0.105. The van der Waals surface area contributed by atoms with Crippen molar-refractivity contribution in [3.63, 3.8) is 0 Å². The summed E-state index contributed by atoms with van der Waals surface area (Å²) >= 11 is 7.45. The molecule has 3 heterocycles. The Morgan fingerprint density at radius 3 is 2.68 bits per heavy atom. The molecule has 2 saturated heterocycles. The molecule has 0 radical (unpaired) electrons. The van der Waals surface area contributed by atoms with Gasteiger partial charge in [0.25, 0.3) is 0 Å². The van der Waals surface area contributed by atoms with Crippen LogP contribution in [0.15, 0.2) is 29.4 Å². The van der Waals surface area contributed by atoms with Crippen molar-refractivity contribution < 1.29 is 14.3 Å². The summed E-state index contributed by atoms with van der Waals surface area (Å²) in [5, 5.41) is 10.2. The zero-order valence-electron chi connectivity index (χ0n) is 15.6. The summed E-state index contributed by atoms with van der Waals surface area (Å²) in [6, 6.07) is 7.56. The van der Waals surface area contributed by atoms with Gasteiger partial charge in [0.2, 0.25) is 5.91 Å². The maximum Gasteiger partial charge on any atom is 0.233 e. The molecule has 0 saturated carbocycles. The Morgan fingerprint density at radius 1 is 1.18 bits per heavy atom. The van der Waals surface area contributed by atoms with Gasteiger partial charge >= 0.3 is 0 Å². The molecule has 28 heavy (non-hydrogen) atoms. The first-order valence-electron chi connectivity index (χ1n) is 9.50. The van der Waals surface area contributed by atoms with Gasteiger partial charge < -0.3 is 14.4 Å². The fourth-order valence-corrected chi connectivity index (χ4v) is 4.37. The number of hydrogen-bond donors (Lipinski definition) is 0. The molecule has 0 spiro atoms. The first kappa shape index (κ1) is 19.7. The van der Waals surface area contributed by atoms with Gasteiger partial charge in [0.15, 0.2) is 11.0 Å². The van der Waals surface area contributed by atoms with E-state index in [0.29, 0.717) is 43.6 Å². The lowest BCUT2D eigenvalue weighted by Crippen LogP contribution is -2.41.